The number of nitrogens with one attached hydrogen (secondary N) is 2. The van der Waals surface area contributed by atoms with Gasteiger partial charge in [-0.1, -0.05) is 48.0 Å². The summed E-state index contributed by atoms with van der Waals surface area (Å²) in [5, 5.41) is 17.0. The largest absolute Gasteiger partial charge is 0.462 e. The van der Waals surface area contributed by atoms with Gasteiger partial charge in [0.2, 0.25) is 11.3 Å². The van der Waals surface area contributed by atoms with E-state index in [4.69, 9.17) is 21.0 Å². The number of halogens is 1. The highest BCUT2D eigenvalue weighted by molar-refractivity contribution is 6.31. The molecule has 3 aromatic carbocycles. The third kappa shape index (κ3) is 5.56. The van der Waals surface area contributed by atoms with Crippen molar-refractivity contribution < 1.29 is 14.2 Å². The first-order valence-corrected chi connectivity index (χ1v) is 13.1. The molecule has 0 spiro atoms. The molecule has 2 N–H and O–H groups in total. The van der Waals surface area contributed by atoms with Gasteiger partial charge in [-0.15, -0.1) is 0 Å². The van der Waals surface area contributed by atoms with Crippen LogP contribution in [-0.2, 0) is 11.3 Å². The van der Waals surface area contributed by atoms with Gasteiger partial charge in [0.1, 0.15) is 0 Å². The average molecular weight is 567 g/mol. The van der Waals surface area contributed by atoms with E-state index in [0.29, 0.717) is 41.1 Å². The Morgan fingerprint density at radius 1 is 1.00 bits per heavy atom. The highest BCUT2D eigenvalue weighted by Gasteiger charge is 2.14. The first-order chi connectivity index (χ1) is 20.1. The Morgan fingerprint density at radius 2 is 1.73 bits per heavy atom. The zero-order chi connectivity index (χ0) is 28.2. The Kier molecular flexibility index (Phi) is 7.25. The van der Waals surface area contributed by atoms with Gasteiger partial charge in [-0.3, -0.25) is 5.43 Å². The van der Waals surface area contributed by atoms with Crippen LogP contribution in [-0.4, -0.2) is 43.6 Å². The van der Waals surface area contributed by atoms with E-state index in [2.05, 4.69) is 46.8 Å². The van der Waals surface area contributed by atoms with E-state index in [1.165, 1.54) is 0 Å². The number of fused-ring (bicyclic) bond motifs is 2. The van der Waals surface area contributed by atoms with Crippen molar-refractivity contribution in [3.63, 3.8) is 0 Å². The quantitative estimate of drug-likeness (QED) is 0.122. The van der Waals surface area contributed by atoms with E-state index < -0.39 is 0 Å². The molecular formula is C29H23ClN8O3. The van der Waals surface area contributed by atoms with Crippen molar-refractivity contribution in [1.82, 2.24) is 24.8 Å². The van der Waals surface area contributed by atoms with Crippen LogP contribution in [0.1, 0.15) is 28.4 Å². The number of hydrogen-bond acceptors (Lipinski definition) is 10. The van der Waals surface area contributed by atoms with E-state index in [0.717, 1.165) is 22.0 Å². The number of rotatable bonds is 9. The van der Waals surface area contributed by atoms with Gasteiger partial charge < -0.3 is 14.6 Å². The smallest absolute Gasteiger partial charge is 0.338 e. The molecule has 6 aromatic rings. The summed E-state index contributed by atoms with van der Waals surface area (Å²) >= 11 is 6.42. The van der Waals surface area contributed by atoms with E-state index in [1.54, 1.807) is 37.4 Å². The molecule has 0 aliphatic heterocycles. The van der Waals surface area contributed by atoms with Crippen molar-refractivity contribution >= 4 is 63.3 Å². The lowest BCUT2D eigenvalue weighted by atomic mass is 10.2. The van der Waals surface area contributed by atoms with Crippen LogP contribution >= 0.6 is 11.6 Å². The number of carbonyl (C=O) groups excluding carboxylic acids is 1. The van der Waals surface area contributed by atoms with Crippen molar-refractivity contribution in [2.75, 3.05) is 17.3 Å². The molecule has 0 aliphatic carbocycles. The van der Waals surface area contributed by atoms with Crippen molar-refractivity contribution in [2.24, 2.45) is 5.10 Å². The number of carbonyl (C=O) groups is 1. The predicted molar refractivity (Wildman–Crippen MR) is 157 cm³/mol. The SMILES string of the molecule is CCOC(=O)c1ccc(Nc2nc3nonc3nc2N/N=C\c2cn(Cc3ccccc3Cl)c3ccccc23)cc1. The highest BCUT2D eigenvalue weighted by Crippen LogP contribution is 2.26. The molecule has 3 aromatic heterocycles. The van der Waals surface area contributed by atoms with Crippen LogP contribution in [0.2, 0.25) is 5.02 Å². The van der Waals surface area contributed by atoms with Gasteiger partial charge in [0.25, 0.3) is 0 Å². The molecule has 6 rings (SSSR count). The Labute approximate surface area is 238 Å². The second-order valence-electron chi connectivity index (χ2n) is 8.95. The fourth-order valence-electron chi connectivity index (χ4n) is 4.33. The number of anilines is 3. The number of ether oxygens (including phenoxy) is 1. The van der Waals surface area contributed by atoms with Crippen LogP contribution in [0.25, 0.3) is 22.2 Å². The van der Waals surface area contributed by atoms with Crippen LogP contribution in [0, 0.1) is 0 Å². The Hall–Kier alpha value is -5.29. The molecule has 204 valence electrons. The lowest BCUT2D eigenvalue weighted by Gasteiger charge is -2.10. The minimum absolute atomic E-state index is 0.224. The number of hydrazone groups is 1. The van der Waals surface area contributed by atoms with Crippen LogP contribution in [0.15, 0.2) is 88.7 Å². The second-order valence-corrected chi connectivity index (χ2v) is 9.35. The molecule has 3 heterocycles. The average Bonchev–Trinajstić information content (AvgIpc) is 3.59. The molecule has 0 aliphatic rings. The number of para-hydroxylation sites is 1. The number of benzene rings is 3. The summed E-state index contributed by atoms with van der Waals surface area (Å²) in [4.78, 5) is 20.9. The zero-order valence-corrected chi connectivity index (χ0v) is 22.5. The topological polar surface area (TPSA) is 132 Å². The van der Waals surface area contributed by atoms with Crippen molar-refractivity contribution in [1.29, 1.82) is 0 Å². The van der Waals surface area contributed by atoms with Gasteiger partial charge in [-0.2, -0.15) is 10.1 Å². The van der Waals surface area contributed by atoms with Gasteiger partial charge in [0.15, 0.2) is 11.6 Å². The first-order valence-electron chi connectivity index (χ1n) is 12.7. The third-order valence-electron chi connectivity index (χ3n) is 6.27. The van der Waals surface area contributed by atoms with Crippen LogP contribution < -0.4 is 10.7 Å². The summed E-state index contributed by atoms with van der Waals surface area (Å²) < 4.78 is 12.0. The maximum atomic E-state index is 12.0. The van der Waals surface area contributed by atoms with Crippen molar-refractivity contribution in [3.05, 3.63) is 101 Å². The van der Waals surface area contributed by atoms with E-state index in [1.807, 2.05) is 48.7 Å². The van der Waals surface area contributed by atoms with Crippen LogP contribution in [0.3, 0.4) is 0 Å². The van der Waals surface area contributed by atoms with Gasteiger partial charge >= 0.3 is 5.97 Å². The van der Waals surface area contributed by atoms with Gasteiger partial charge in [-0.05, 0) is 59.2 Å². The zero-order valence-electron chi connectivity index (χ0n) is 21.8. The number of hydrogen-bond donors (Lipinski definition) is 2. The summed E-state index contributed by atoms with van der Waals surface area (Å²) in [7, 11) is 0. The lowest BCUT2D eigenvalue weighted by Crippen LogP contribution is -2.05. The van der Waals surface area contributed by atoms with Crippen molar-refractivity contribution in [3.8, 4) is 0 Å². The van der Waals surface area contributed by atoms with Crippen LogP contribution in [0.5, 0.6) is 0 Å². The number of esters is 1. The molecule has 0 bridgehead atoms. The molecule has 0 amide bonds. The summed E-state index contributed by atoms with van der Waals surface area (Å²) in [6.07, 6.45) is 3.75. The van der Waals surface area contributed by atoms with Gasteiger partial charge in [0, 0.05) is 39.9 Å². The summed E-state index contributed by atoms with van der Waals surface area (Å²) in [5.74, 6) is 0.257. The number of nitrogens with zero attached hydrogens (tertiary/aromatic N) is 6. The maximum absolute atomic E-state index is 12.0. The molecular weight excluding hydrogens is 544 g/mol. The fraction of sp³-hybridized carbons (Fsp3) is 0.103. The van der Waals surface area contributed by atoms with Crippen molar-refractivity contribution in [2.45, 2.75) is 13.5 Å². The second kappa shape index (κ2) is 11.4. The molecule has 41 heavy (non-hydrogen) atoms. The summed E-state index contributed by atoms with van der Waals surface area (Å²) in [6, 6.07) is 22.7. The standard InChI is InChI=1S/C29H23ClN8O3/c1-2-40-29(39)18-11-13-21(14-12-18)32-25-26(34-28-27(33-25)36-41-37-28)35-31-15-20-17-38(24-10-6-4-8-22(20)24)16-19-7-3-5-9-23(19)30/h3-15,17H,2,16H2,1H3,(H,32,33,36)(H,34,35,37)/b31-15-. The highest BCUT2D eigenvalue weighted by atomic mass is 35.5. The summed E-state index contributed by atoms with van der Waals surface area (Å²) in [6.45, 7) is 2.68. The Balaban J connectivity index is 1.26. The molecule has 0 radical (unpaired) electrons. The molecule has 0 atom stereocenters. The van der Waals surface area contributed by atoms with Gasteiger partial charge in [0.05, 0.1) is 18.4 Å². The van der Waals surface area contributed by atoms with Gasteiger partial charge in [-0.25, -0.2) is 14.4 Å². The molecule has 0 saturated carbocycles. The number of aromatic nitrogens is 5. The van der Waals surface area contributed by atoms with Crippen LogP contribution in [0.4, 0.5) is 17.3 Å². The molecule has 0 unspecified atom stereocenters. The normalized spacial score (nSPS) is 11.4. The molecule has 0 saturated heterocycles. The maximum Gasteiger partial charge on any atom is 0.338 e. The predicted octanol–water partition coefficient (Wildman–Crippen LogP) is 6.04. The Morgan fingerprint density at radius 3 is 2.51 bits per heavy atom. The molecule has 0 fully saturated rings. The Bertz CT molecular complexity index is 1880. The first kappa shape index (κ1) is 26.0. The summed E-state index contributed by atoms with van der Waals surface area (Å²) in [5.41, 5.74) is 7.50. The minimum Gasteiger partial charge on any atom is -0.462 e. The minimum atomic E-state index is -0.390. The molecule has 12 heteroatoms. The fourth-order valence-corrected chi connectivity index (χ4v) is 4.52. The lowest BCUT2D eigenvalue weighted by molar-refractivity contribution is 0.0526. The van der Waals surface area contributed by atoms with E-state index in [9.17, 15) is 4.79 Å². The third-order valence-corrected chi connectivity index (χ3v) is 6.63. The van der Waals surface area contributed by atoms with E-state index >= 15 is 0 Å². The molecule has 11 nitrogen and oxygen atoms in total. The van der Waals surface area contributed by atoms with E-state index in [-0.39, 0.29) is 17.3 Å². The monoisotopic (exact) mass is 566 g/mol.